The Kier molecular flexibility index (Phi) is 4.20. The summed E-state index contributed by atoms with van der Waals surface area (Å²) in [7, 11) is 0. The van der Waals surface area contributed by atoms with Crippen molar-refractivity contribution in [1.82, 2.24) is 4.98 Å². The molecule has 1 saturated heterocycles. The number of aromatic nitrogens is 1. The zero-order valence-electron chi connectivity index (χ0n) is 13.5. The summed E-state index contributed by atoms with van der Waals surface area (Å²) in [6, 6.07) is 4.85. The molecule has 0 radical (unpaired) electrons. The van der Waals surface area contributed by atoms with E-state index in [-0.39, 0.29) is 12.2 Å². The molecule has 1 aliphatic heterocycles. The fraction of sp³-hybridized carbons (Fsp3) is 0.444. The van der Waals surface area contributed by atoms with Gasteiger partial charge in [0.2, 0.25) is 0 Å². The molecule has 4 nitrogen and oxygen atoms in total. The lowest BCUT2D eigenvalue weighted by atomic mass is 9.97. The first-order valence-corrected chi connectivity index (χ1v) is 8.04. The van der Waals surface area contributed by atoms with Gasteiger partial charge in [-0.2, -0.15) is 0 Å². The molecule has 1 atom stereocenters. The fourth-order valence-corrected chi connectivity index (χ4v) is 3.50. The first-order chi connectivity index (χ1) is 11.0. The summed E-state index contributed by atoms with van der Waals surface area (Å²) in [5, 5.41) is 10.00. The second-order valence-corrected chi connectivity index (χ2v) is 6.29. The molecule has 3 rings (SSSR count). The molecule has 0 spiro atoms. The van der Waals surface area contributed by atoms with Gasteiger partial charge in [-0.25, -0.2) is 4.39 Å². The molecule has 1 N–H and O–H groups in total. The molecule has 2 aromatic rings. The zero-order valence-corrected chi connectivity index (χ0v) is 13.5. The lowest BCUT2D eigenvalue weighted by Crippen LogP contribution is -2.38. The third-order valence-corrected chi connectivity index (χ3v) is 4.64. The predicted molar refractivity (Wildman–Crippen MR) is 88.4 cm³/mol. The maximum atomic E-state index is 13.8. The standard InChI is InChI=1S/C18H21FN2O2/c1-11-5-3-4-8-21(11)18-14(10-17(22)23)12(2)20-16-7-6-13(19)9-15(16)18/h6-7,9,11H,3-5,8,10H2,1-2H3,(H,22,23). The minimum absolute atomic E-state index is 0.0934. The Labute approximate surface area is 134 Å². The van der Waals surface area contributed by atoms with Gasteiger partial charge in [0.1, 0.15) is 5.82 Å². The fourth-order valence-electron chi connectivity index (χ4n) is 3.50. The van der Waals surface area contributed by atoms with Crippen molar-refractivity contribution in [3.05, 3.63) is 35.3 Å². The Bertz CT molecular complexity index is 760. The number of nitrogens with zero attached hydrogens (tertiary/aromatic N) is 2. The Hall–Kier alpha value is -2.17. The molecule has 0 amide bonds. The van der Waals surface area contributed by atoms with Gasteiger partial charge in [-0.3, -0.25) is 9.78 Å². The van der Waals surface area contributed by atoms with Crippen LogP contribution in [0.15, 0.2) is 18.2 Å². The molecule has 23 heavy (non-hydrogen) atoms. The van der Waals surface area contributed by atoms with Crippen molar-refractivity contribution < 1.29 is 14.3 Å². The van der Waals surface area contributed by atoms with Crippen LogP contribution in [0, 0.1) is 12.7 Å². The highest BCUT2D eigenvalue weighted by molar-refractivity contribution is 5.95. The van der Waals surface area contributed by atoms with Crippen molar-refractivity contribution in [1.29, 1.82) is 0 Å². The minimum atomic E-state index is -0.892. The van der Waals surface area contributed by atoms with E-state index < -0.39 is 5.97 Å². The molecule has 1 unspecified atom stereocenters. The second-order valence-electron chi connectivity index (χ2n) is 6.29. The van der Waals surface area contributed by atoms with E-state index in [0.717, 1.165) is 25.1 Å². The summed E-state index contributed by atoms with van der Waals surface area (Å²) in [4.78, 5) is 18.0. The normalized spacial score (nSPS) is 18.4. The molecule has 1 aromatic heterocycles. The van der Waals surface area contributed by atoms with Crippen LogP contribution in [0.2, 0.25) is 0 Å². The summed E-state index contributed by atoms with van der Waals surface area (Å²) < 4.78 is 13.8. The quantitative estimate of drug-likeness (QED) is 0.938. The number of fused-ring (bicyclic) bond motifs is 1. The van der Waals surface area contributed by atoms with Crippen LogP contribution >= 0.6 is 0 Å². The molecule has 2 heterocycles. The monoisotopic (exact) mass is 316 g/mol. The number of halogens is 1. The van der Waals surface area contributed by atoms with Crippen molar-refractivity contribution in [3.63, 3.8) is 0 Å². The van der Waals surface area contributed by atoms with Gasteiger partial charge in [-0.05, 0) is 51.3 Å². The third-order valence-electron chi connectivity index (χ3n) is 4.64. The molecular formula is C18H21FN2O2. The van der Waals surface area contributed by atoms with E-state index in [2.05, 4.69) is 16.8 Å². The van der Waals surface area contributed by atoms with E-state index in [9.17, 15) is 14.3 Å². The number of hydrogen-bond acceptors (Lipinski definition) is 3. The van der Waals surface area contributed by atoms with Crippen molar-refractivity contribution in [2.45, 2.75) is 45.6 Å². The second kappa shape index (κ2) is 6.14. The Morgan fingerprint density at radius 1 is 1.43 bits per heavy atom. The van der Waals surface area contributed by atoms with Crippen LogP contribution in [-0.4, -0.2) is 28.6 Å². The number of anilines is 1. The van der Waals surface area contributed by atoms with E-state index in [0.29, 0.717) is 28.2 Å². The van der Waals surface area contributed by atoms with Gasteiger partial charge in [0.05, 0.1) is 17.6 Å². The summed E-state index contributed by atoms with van der Waals surface area (Å²) in [6.45, 7) is 4.84. The molecular weight excluding hydrogens is 295 g/mol. The molecule has 122 valence electrons. The van der Waals surface area contributed by atoms with Crippen LogP contribution in [0.4, 0.5) is 10.1 Å². The number of rotatable bonds is 3. The van der Waals surface area contributed by atoms with E-state index in [1.807, 2.05) is 6.92 Å². The number of hydrogen-bond donors (Lipinski definition) is 1. The molecule has 0 bridgehead atoms. The van der Waals surface area contributed by atoms with Gasteiger partial charge in [0.25, 0.3) is 0 Å². The van der Waals surface area contributed by atoms with Crippen molar-refractivity contribution >= 4 is 22.6 Å². The van der Waals surface area contributed by atoms with Gasteiger partial charge in [0, 0.05) is 29.2 Å². The van der Waals surface area contributed by atoms with Gasteiger partial charge in [-0.1, -0.05) is 0 Å². The van der Waals surface area contributed by atoms with E-state index in [4.69, 9.17) is 0 Å². The Balaban J connectivity index is 2.28. The van der Waals surface area contributed by atoms with Crippen LogP contribution in [-0.2, 0) is 11.2 Å². The lowest BCUT2D eigenvalue weighted by Gasteiger charge is -2.37. The molecule has 1 fully saturated rings. The highest BCUT2D eigenvalue weighted by Crippen LogP contribution is 2.36. The number of aliphatic carboxylic acids is 1. The minimum Gasteiger partial charge on any atom is -0.481 e. The average molecular weight is 316 g/mol. The summed E-state index contributed by atoms with van der Waals surface area (Å²) >= 11 is 0. The van der Waals surface area contributed by atoms with Gasteiger partial charge >= 0.3 is 5.97 Å². The third kappa shape index (κ3) is 3.00. The SMILES string of the molecule is Cc1nc2ccc(F)cc2c(N2CCCCC2C)c1CC(=O)O. The number of aryl methyl sites for hydroxylation is 1. The first-order valence-electron chi connectivity index (χ1n) is 8.04. The van der Waals surface area contributed by atoms with Gasteiger partial charge in [0.15, 0.2) is 0 Å². The summed E-state index contributed by atoms with van der Waals surface area (Å²) in [5.41, 5.74) is 2.97. The zero-order chi connectivity index (χ0) is 16.6. The van der Waals surface area contributed by atoms with Gasteiger partial charge < -0.3 is 10.0 Å². The number of carboxylic acid groups (broad SMARTS) is 1. The lowest BCUT2D eigenvalue weighted by molar-refractivity contribution is -0.136. The van der Waals surface area contributed by atoms with Crippen molar-refractivity contribution in [2.75, 3.05) is 11.4 Å². The number of pyridine rings is 1. The van der Waals surface area contributed by atoms with Crippen molar-refractivity contribution in [3.8, 4) is 0 Å². The highest BCUT2D eigenvalue weighted by atomic mass is 19.1. The van der Waals surface area contributed by atoms with Crippen LogP contribution in [0.3, 0.4) is 0 Å². The van der Waals surface area contributed by atoms with E-state index in [1.54, 1.807) is 6.07 Å². The molecule has 5 heteroatoms. The maximum absolute atomic E-state index is 13.8. The molecule has 1 aliphatic rings. The van der Waals surface area contributed by atoms with Gasteiger partial charge in [-0.15, -0.1) is 0 Å². The number of piperidine rings is 1. The van der Waals surface area contributed by atoms with Crippen LogP contribution in [0.25, 0.3) is 10.9 Å². The summed E-state index contributed by atoms with van der Waals surface area (Å²) in [6.07, 6.45) is 3.20. The summed E-state index contributed by atoms with van der Waals surface area (Å²) in [5.74, 6) is -1.22. The Morgan fingerprint density at radius 2 is 2.22 bits per heavy atom. The molecule has 0 saturated carbocycles. The highest BCUT2D eigenvalue weighted by Gasteiger charge is 2.25. The Morgan fingerprint density at radius 3 is 2.91 bits per heavy atom. The topological polar surface area (TPSA) is 53.4 Å². The first kappa shape index (κ1) is 15.7. The van der Waals surface area contributed by atoms with Crippen LogP contribution in [0.5, 0.6) is 0 Å². The maximum Gasteiger partial charge on any atom is 0.307 e. The van der Waals surface area contributed by atoms with E-state index in [1.165, 1.54) is 18.6 Å². The number of benzene rings is 1. The molecule has 1 aromatic carbocycles. The number of carboxylic acids is 1. The largest absolute Gasteiger partial charge is 0.481 e. The van der Waals surface area contributed by atoms with Crippen LogP contribution in [0.1, 0.15) is 37.4 Å². The number of carbonyl (C=O) groups is 1. The predicted octanol–water partition coefficient (Wildman–Crippen LogP) is 3.69. The molecule has 0 aliphatic carbocycles. The van der Waals surface area contributed by atoms with Crippen LogP contribution < -0.4 is 4.90 Å². The smallest absolute Gasteiger partial charge is 0.307 e. The van der Waals surface area contributed by atoms with E-state index >= 15 is 0 Å². The average Bonchev–Trinajstić information content (AvgIpc) is 2.49. The van der Waals surface area contributed by atoms with Crippen molar-refractivity contribution in [2.24, 2.45) is 0 Å².